The quantitative estimate of drug-likeness (QED) is 0.750. The molecule has 1 saturated heterocycles. The Balaban J connectivity index is 0.00000162. The van der Waals surface area contributed by atoms with Gasteiger partial charge in [0.1, 0.15) is 0 Å². The fourth-order valence-electron chi connectivity index (χ4n) is 2.70. The first-order chi connectivity index (χ1) is 8.27. The zero-order chi connectivity index (χ0) is 12.1. The van der Waals surface area contributed by atoms with Crippen molar-refractivity contribution in [3.05, 3.63) is 0 Å². The molecule has 0 aromatic heterocycles. The molecule has 2 atom stereocenters. The van der Waals surface area contributed by atoms with Crippen LogP contribution in [0.3, 0.4) is 0 Å². The molecule has 2 aliphatic heterocycles. The van der Waals surface area contributed by atoms with Crippen molar-refractivity contribution in [1.82, 2.24) is 10.6 Å². The summed E-state index contributed by atoms with van der Waals surface area (Å²) in [5.41, 5.74) is 0. The Morgan fingerprint density at radius 3 is 2.94 bits per heavy atom. The van der Waals surface area contributed by atoms with Gasteiger partial charge in [0.05, 0.1) is 6.10 Å². The number of rotatable bonds is 3. The monoisotopic (exact) mass is 367 g/mol. The van der Waals surface area contributed by atoms with Gasteiger partial charge in [0, 0.05) is 32.2 Å². The predicted octanol–water partition coefficient (Wildman–Crippen LogP) is 1.99. The highest BCUT2D eigenvalue weighted by Gasteiger charge is 2.28. The molecule has 5 heteroatoms. The van der Waals surface area contributed by atoms with Crippen molar-refractivity contribution in [3.8, 4) is 0 Å². The van der Waals surface area contributed by atoms with E-state index in [2.05, 4.69) is 29.5 Å². The molecule has 0 saturated carbocycles. The van der Waals surface area contributed by atoms with Gasteiger partial charge in [-0.05, 0) is 25.2 Å². The number of nitrogens with zero attached hydrogens (tertiary/aromatic N) is 1. The van der Waals surface area contributed by atoms with E-state index in [9.17, 15) is 0 Å². The number of aliphatic imine (C=N–C) groups is 1. The number of ether oxygens (including phenoxy) is 1. The molecule has 1 fully saturated rings. The lowest BCUT2D eigenvalue weighted by Gasteiger charge is -2.35. The average Bonchev–Trinajstić information content (AvgIpc) is 2.38. The van der Waals surface area contributed by atoms with Crippen LogP contribution in [0.4, 0.5) is 0 Å². The lowest BCUT2D eigenvalue weighted by Crippen LogP contribution is -2.46. The third-order valence-corrected chi connectivity index (χ3v) is 3.58. The van der Waals surface area contributed by atoms with Crippen molar-refractivity contribution < 1.29 is 4.74 Å². The lowest BCUT2D eigenvalue weighted by molar-refractivity contribution is -0.0505. The van der Waals surface area contributed by atoms with Crippen molar-refractivity contribution in [1.29, 1.82) is 0 Å². The number of guanidine groups is 1. The van der Waals surface area contributed by atoms with Gasteiger partial charge in [0.2, 0.25) is 0 Å². The van der Waals surface area contributed by atoms with E-state index in [0.717, 1.165) is 38.6 Å². The Labute approximate surface area is 127 Å². The zero-order valence-corrected chi connectivity index (χ0v) is 13.8. The predicted molar refractivity (Wildman–Crippen MR) is 85.6 cm³/mol. The van der Waals surface area contributed by atoms with Gasteiger partial charge in [-0.2, -0.15) is 0 Å². The summed E-state index contributed by atoms with van der Waals surface area (Å²) in [6, 6.07) is 0. The Bertz CT molecular complexity index is 271. The van der Waals surface area contributed by atoms with Crippen molar-refractivity contribution in [2.45, 2.75) is 39.2 Å². The summed E-state index contributed by atoms with van der Waals surface area (Å²) in [6.45, 7) is 8.40. The van der Waals surface area contributed by atoms with Crippen LogP contribution < -0.4 is 10.6 Å². The van der Waals surface area contributed by atoms with Crippen molar-refractivity contribution in [2.24, 2.45) is 16.8 Å². The second-order valence-corrected chi connectivity index (χ2v) is 5.37. The molecular weight excluding hydrogens is 341 g/mol. The van der Waals surface area contributed by atoms with Gasteiger partial charge in [-0.15, -0.1) is 24.0 Å². The van der Waals surface area contributed by atoms with E-state index >= 15 is 0 Å². The molecule has 0 aromatic carbocycles. The van der Waals surface area contributed by atoms with Gasteiger partial charge in [-0.25, -0.2) is 0 Å². The van der Waals surface area contributed by atoms with E-state index in [-0.39, 0.29) is 24.0 Å². The summed E-state index contributed by atoms with van der Waals surface area (Å²) in [7, 11) is 0. The third-order valence-electron chi connectivity index (χ3n) is 3.58. The molecule has 0 spiro atoms. The van der Waals surface area contributed by atoms with E-state index in [1.807, 2.05) is 0 Å². The molecule has 0 aliphatic carbocycles. The molecule has 2 N–H and O–H groups in total. The van der Waals surface area contributed by atoms with E-state index < -0.39 is 0 Å². The van der Waals surface area contributed by atoms with Gasteiger partial charge in [0.25, 0.3) is 0 Å². The van der Waals surface area contributed by atoms with Gasteiger partial charge < -0.3 is 15.4 Å². The molecule has 2 unspecified atom stereocenters. The maximum absolute atomic E-state index is 5.89. The largest absolute Gasteiger partial charge is 0.378 e. The van der Waals surface area contributed by atoms with Crippen LogP contribution in [-0.2, 0) is 4.74 Å². The summed E-state index contributed by atoms with van der Waals surface area (Å²) in [5.74, 6) is 2.20. The van der Waals surface area contributed by atoms with Crippen LogP contribution in [0.5, 0.6) is 0 Å². The molecule has 4 nitrogen and oxygen atoms in total. The van der Waals surface area contributed by atoms with E-state index in [0.29, 0.717) is 17.9 Å². The van der Waals surface area contributed by atoms with Crippen molar-refractivity contribution in [2.75, 3.05) is 26.2 Å². The Morgan fingerprint density at radius 2 is 2.28 bits per heavy atom. The Hall–Kier alpha value is -0.0400. The smallest absolute Gasteiger partial charge is 0.191 e. The number of hydrogen-bond acceptors (Lipinski definition) is 4. The molecule has 2 heterocycles. The fourth-order valence-corrected chi connectivity index (χ4v) is 2.70. The number of hydrogen-bond donors (Lipinski definition) is 2. The maximum atomic E-state index is 5.89. The zero-order valence-electron chi connectivity index (χ0n) is 11.4. The summed E-state index contributed by atoms with van der Waals surface area (Å²) >= 11 is 0. The van der Waals surface area contributed by atoms with Gasteiger partial charge >= 0.3 is 0 Å². The highest BCUT2D eigenvalue weighted by molar-refractivity contribution is 14.0. The minimum Gasteiger partial charge on any atom is -0.378 e. The van der Waals surface area contributed by atoms with Gasteiger partial charge in [0.15, 0.2) is 5.96 Å². The van der Waals surface area contributed by atoms with Crippen LogP contribution >= 0.6 is 24.0 Å². The molecule has 0 aromatic rings. The molecule has 18 heavy (non-hydrogen) atoms. The van der Waals surface area contributed by atoms with Crippen LogP contribution in [0.2, 0.25) is 0 Å². The van der Waals surface area contributed by atoms with Crippen LogP contribution in [0.15, 0.2) is 4.99 Å². The molecule has 0 bridgehead atoms. The van der Waals surface area contributed by atoms with Gasteiger partial charge in [-0.1, -0.05) is 13.8 Å². The van der Waals surface area contributed by atoms with Crippen LogP contribution in [0, 0.1) is 11.8 Å². The van der Waals surface area contributed by atoms with Crippen LogP contribution in [-0.4, -0.2) is 38.3 Å². The third kappa shape index (κ3) is 4.57. The minimum absolute atomic E-state index is 0. The van der Waals surface area contributed by atoms with E-state index in [1.165, 1.54) is 12.8 Å². The molecule has 106 valence electrons. The average molecular weight is 367 g/mol. The number of nitrogens with one attached hydrogen (secondary N) is 2. The standard InChI is InChI=1S/C13H25N3O.HI/c1-10(2)12-11(5-3-8-17-12)9-16-13-14-6-4-7-15-13;/h10-12H,3-9H2,1-2H3,(H2,14,15,16);1H. The maximum Gasteiger partial charge on any atom is 0.191 e. The molecule has 2 aliphatic rings. The van der Waals surface area contributed by atoms with Crippen molar-refractivity contribution >= 4 is 29.9 Å². The first kappa shape index (κ1) is 16.0. The molecular formula is C13H26IN3O. The van der Waals surface area contributed by atoms with E-state index in [1.54, 1.807) is 0 Å². The Morgan fingerprint density at radius 1 is 1.44 bits per heavy atom. The SMILES string of the molecule is CC(C)C1OCCCC1CNC1=NCCCN1.I. The highest BCUT2D eigenvalue weighted by atomic mass is 127. The normalized spacial score (nSPS) is 28.1. The topological polar surface area (TPSA) is 45.6 Å². The molecule has 0 radical (unpaired) electrons. The first-order valence-corrected chi connectivity index (χ1v) is 6.91. The van der Waals surface area contributed by atoms with E-state index in [4.69, 9.17) is 4.74 Å². The summed E-state index contributed by atoms with van der Waals surface area (Å²) in [5, 5.41) is 6.74. The summed E-state index contributed by atoms with van der Waals surface area (Å²) < 4.78 is 5.89. The van der Waals surface area contributed by atoms with Crippen LogP contribution in [0.25, 0.3) is 0 Å². The first-order valence-electron chi connectivity index (χ1n) is 6.91. The number of halogens is 1. The van der Waals surface area contributed by atoms with Gasteiger partial charge in [-0.3, -0.25) is 4.99 Å². The summed E-state index contributed by atoms with van der Waals surface area (Å²) in [6.07, 6.45) is 4.01. The lowest BCUT2D eigenvalue weighted by atomic mass is 9.87. The van der Waals surface area contributed by atoms with Crippen LogP contribution in [0.1, 0.15) is 33.1 Å². The van der Waals surface area contributed by atoms with Crippen molar-refractivity contribution in [3.63, 3.8) is 0 Å². The second kappa shape index (κ2) is 8.19. The second-order valence-electron chi connectivity index (χ2n) is 5.37. The Kier molecular flexibility index (Phi) is 7.29. The molecule has 2 rings (SSSR count). The highest BCUT2D eigenvalue weighted by Crippen LogP contribution is 2.25. The molecule has 0 amide bonds. The summed E-state index contributed by atoms with van der Waals surface area (Å²) in [4.78, 5) is 4.44. The fraction of sp³-hybridized carbons (Fsp3) is 0.923. The minimum atomic E-state index is 0.